The maximum atomic E-state index is 13.0. The molecule has 0 spiro atoms. The van der Waals surface area contributed by atoms with Gasteiger partial charge in [-0.15, -0.1) is 0 Å². The molecule has 6 heteroatoms. The number of hydrogen-bond donors (Lipinski definition) is 2. The van der Waals surface area contributed by atoms with Gasteiger partial charge in [0.05, 0.1) is 17.4 Å². The van der Waals surface area contributed by atoms with Crippen molar-refractivity contribution in [3.05, 3.63) is 58.6 Å². The molecule has 0 aliphatic carbocycles. The third-order valence-electron chi connectivity index (χ3n) is 4.54. The molecule has 0 aromatic heterocycles. The Balaban J connectivity index is 1.77. The van der Waals surface area contributed by atoms with E-state index in [1.165, 1.54) is 0 Å². The fraction of sp³-hybridized carbons (Fsp3) is 0.300. The number of para-hydroxylation sites is 2. The molecule has 5 nitrogen and oxygen atoms in total. The number of hydrogen-bond acceptors (Lipinski definition) is 3. The average molecular weight is 416 g/mol. The van der Waals surface area contributed by atoms with Crippen LogP contribution in [-0.4, -0.2) is 24.4 Å². The Morgan fingerprint density at radius 3 is 2.62 bits per heavy atom. The molecular weight excluding hydrogens is 394 g/mol. The number of carbonyl (C=O) groups excluding carboxylic acids is 2. The number of anilines is 2. The lowest BCUT2D eigenvalue weighted by Crippen LogP contribution is -2.50. The second-order valence-corrected chi connectivity index (χ2v) is 7.31. The van der Waals surface area contributed by atoms with Crippen molar-refractivity contribution in [2.75, 3.05) is 16.8 Å². The van der Waals surface area contributed by atoms with Crippen LogP contribution in [0.15, 0.2) is 53.0 Å². The first kappa shape index (κ1) is 18.6. The number of halogens is 1. The maximum absolute atomic E-state index is 13.0. The van der Waals surface area contributed by atoms with Gasteiger partial charge in [-0.3, -0.25) is 19.8 Å². The molecule has 2 aromatic carbocycles. The lowest BCUT2D eigenvalue weighted by atomic mass is 10.0. The van der Waals surface area contributed by atoms with Gasteiger partial charge in [-0.2, -0.15) is 0 Å². The van der Waals surface area contributed by atoms with Gasteiger partial charge in [0, 0.05) is 10.5 Å². The Morgan fingerprint density at radius 2 is 1.92 bits per heavy atom. The fourth-order valence-electron chi connectivity index (χ4n) is 3.18. The smallest absolute Gasteiger partial charge is 0.244 e. The minimum Gasteiger partial charge on any atom is -0.323 e. The first-order valence-corrected chi connectivity index (χ1v) is 9.50. The van der Waals surface area contributed by atoms with E-state index in [0.717, 1.165) is 22.1 Å². The van der Waals surface area contributed by atoms with Crippen molar-refractivity contribution in [2.24, 2.45) is 0 Å². The van der Waals surface area contributed by atoms with Crippen LogP contribution in [-0.2, 0) is 9.59 Å². The zero-order chi connectivity index (χ0) is 18.7. The SMILES string of the molecule is CC[C@H](N[C@@H](C)C(=O)N1CC(=O)Nc2ccccc21)c1ccc(Br)cc1. The number of nitrogens with one attached hydrogen (secondary N) is 2. The van der Waals surface area contributed by atoms with Gasteiger partial charge in [-0.05, 0) is 43.2 Å². The van der Waals surface area contributed by atoms with Crippen LogP contribution >= 0.6 is 15.9 Å². The van der Waals surface area contributed by atoms with Crippen LogP contribution < -0.4 is 15.5 Å². The van der Waals surface area contributed by atoms with Crippen molar-refractivity contribution in [3.8, 4) is 0 Å². The predicted octanol–water partition coefficient (Wildman–Crippen LogP) is 3.86. The summed E-state index contributed by atoms with van der Waals surface area (Å²) in [6.07, 6.45) is 0.857. The largest absolute Gasteiger partial charge is 0.323 e. The topological polar surface area (TPSA) is 61.4 Å². The van der Waals surface area contributed by atoms with E-state index in [1.54, 1.807) is 11.0 Å². The fourth-order valence-corrected chi connectivity index (χ4v) is 3.45. The third-order valence-corrected chi connectivity index (χ3v) is 5.07. The summed E-state index contributed by atoms with van der Waals surface area (Å²) in [6, 6.07) is 15.1. The molecule has 1 aliphatic heterocycles. The molecule has 2 N–H and O–H groups in total. The zero-order valence-corrected chi connectivity index (χ0v) is 16.4. The van der Waals surface area contributed by atoms with Crippen LogP contribution in [0.2, 0.25) is 0 Å². The van der Waals surface area contributed by atoms with Gasteiger partial charge in [-0.25, -0.2) is 0 Å². The zero-order valence-electron chi connectivity index (χ0n) is 14.8. The number of carbonyl (C=O) groups is 2. The molecule has 1 heterocycles. The number of amides is 2. The van der Waals surface area contributed by atoms with Crippen LogP contribution in [0.25, 0.3) is 0 Å². The molecule has 136 valence electrons. The lowest BCUT2D eigenvalue weighted by Gasteiger charge is -2.32. The van der Waals surface area contributed by atoms with E-state index < -0.39 is 6.04 Å². The van der Waals surface area contributed by atoms with Gasteiger partial charge >= 0.3 is 0 Å². The highest BCUT2D eigenvalue weighted by Crippen LogP contribution is 2.29. The molecular formula is C20H22BrN3O2. The van der Waals surface area contributed by atoms with Gasteiger partial charge in [0.1, 0.15) is 6.54 Å². The van der Waals surface area contributed by atoms with Crippen molar-refractivity contribution in [1.29, 1.82) is 0 Å². The van der Waals surface area contributed by atoms with Gasteiger partial charge in [-0.1, -0.05) is 47.1 Å². The standard InChI is InChI=1S/C20H22BrN3O2/c1-3-16(14-8-10-15(21)11-9-14)22-13(2)20(26)24-12-19(25)23-17-6-4-5-7-18(17)24/h4-11,13,16,22H,3,12H2,1-2H3,(H,23,25)/t13-,16-/m0/s1. The van der Waals surface area contributed by atoms with Crippen LogP contribution in [0.1, 0.15) is 31.9 Å². The summed E-state index contributed by atoms with van der Waals surface area (Å²) in [6.45, 7) is 3.97. The molecule has 0 saturated heterocycles. The first-order chi connectivity index (χ1) is 12.5. The molecule has 0 radical (unpaired) electrons. The van der Waals surface area contributed by atoms with E-state index in [4.69, 9.17) is 0 Å². The number of benzene rings is 2. The molecule has 26 heavy (non-hydrogen) atoms. The second-order valence-electron chi connectivity index (χ2n) is 6.39. The predicted molar refractivity (Wildman–Crippen MR) is 107 cm³/mol. The second kappa shape index (κ2) is 8.01. The minimum atomic E-state index is -0.414. The van der Waals surface area contributed by atoms with Crippen molar-refractivity contribution in [2.45, 2.75) is 32.4 Å². The number of rotatable bonds is 5. The van der Waals surface area contributed by atoms with Gasteiger partial charge in [0.15, 0.2) is 0 Å². The molecule has 0 saturated carbocycles. The van der Waals surface area contributed by atoms with Crippen LogP contribution in [0, 0.1) is 0 Å². The van der Waals surface area contributed by atoms with Gasteiger partial charge in [0.2, 0.25) is 11.8 Å². The Morgan fingerprint density at radius 1 is 1.23 bits per heavy atom. The lowest BCUT2D eigenvalue weighted by molar-refractivity contribution is -0.123. The van der Waals surface area contributed by atoms with Crippen LogP contribution in [0.4, 0.5) is 11.4 Å². The Bertz CT molecular complexity index is 807. The van der Waals surface area contributed by atoms with Crippen LogP contribution in [0.3, 0.4) is 0 Å². The summed E-state index contributed by atoms with van der Waals surface area (Å²) in [5.41, 5.74) is 2.54. The summed E-state index contributed by atoms with van der Waals surface area (Å²) < 4.78 is 1.02. The summed E-state index contributed by atoms with van der Waals surface area (Å²) in [4.78, 5) is 26.5. The number of nitrogens with zero attached hydrogens (tertiary/aromatic N) is 1. The molecule has 2 atom stereocenters. The highest BCUT2D eigenvalue weighted by atomic mass is 79.9. The molecule has 2 amide bonds. The molecule has 3 rings (SSSR count). The molecule has 0 fully saturated rings. The third kappa shape index (κ3) is 3.97. The van der Waals surface area contributed by atoms with Gasteiger partial charge < -0.3 is 5.32 Å². The highest BCUT2D eigenvalue weighted by molar-refractivity contribution is 9.10. The first-order valence-electron chi connectivity index (χ1n) is 8.71. The Kier molecular flexibility index (Phi) is 5.74. The van der Waals surface area contributed by atoms with E-state index in [1.807, 2.05) is 49.4 Å². The van der Waals surface area contributed by atoms with Crippen molar-refractivity contribution in [1.82, 2.24) is 5.32 Å². The number of fused-ring (bicyclic) bond motifs is 1. The van der Waals surface area contributed by atoms with Crippen molar-refractivity contribution < 1.29 is 9.59 Å². The summed E-state index contributed by atoms with van der Waals surface area (Å²) >= 11 is 3.44. The van der Waals surface area contributed by atoms with E-state index in [-0.39, 0.29) is 24.4 Å². The summed E-state index contributed by atoms with van der Waals surface area (Å²) in [7, 11) is 0. The summed E-state index contributed by atoms with van der Waals surface area (Å²) in [5.74, 6) is -0.285. The molecule has 1 aliphatic rings. The Labute approximate surface area is 161 Å². The Hall–Kier alpha value is -2.18. The van der Waals surface area contributed by atoms with Crippen molar-refractivity contribution in [3.63, 3.8) is 0 Å². The van der Waals surface area contributed by atoms with Crippen LogP contribution in [0.5, 0.6) is 0 Å². The van der Waals surface area contributed by atoms with Crippen molar-refractivity contribution >= 4 is 39.1 Å². The van der Waals surface area contributed by atoms with E-state index in [0.29, 0.717) is 5.69 Å². The van der Waals surface area contributed by atoms with E-state index in [9.17, 15) is 9.59 Å². The average Bonchev–Trinajstić information content (AvgIpc) is 2.65. The van der Waals surface area contributed by atoms with E-state index in [2.05, 4.69) is 33.5 Å². The van der Waals surface area contributed by atoms with E-state index >= 15 is 0 Å². The monoisotopic (exact) mass is 415 g/mol. The quantitative estimate of drug-likeness (QED) is 0.778. The molecule has 0 unspecified atom stereocenters. The molecule has 2 aromatic rings. The summed E-state index contributed by atoms with van der Waals surface area (Å²) in [5, 5.41) is 6.22. The maximum Gasteiger partial charge on any atom is 0.244 e. The highest BCUT2D eigenvalue weighted by Gasteiger charge is 2.30. The van der Waals surface area contributed by atoms with Gasteiger partial charge in [0.25, 0.3) is 0 Å². The molecule has 0 bridgehead atoms. The normalized spacial score (nSPS) is 15.8. The minimum absolute atomic E-state index is 0.0386.